The molecule has 0 saturated carbocycles. The minimum absolute atomic E-state index is 0.0110. The van der Waals surface area contributed by atoms with Crippen LogP contribution < -0.4 is 15.4 Å². The van der Waals surface area contributed by atoms with Gasteiger partial charge in [-0.05, 0) is 43.0 Å². The van der Waals surface area contributed by atoms with Crippen LogP contribution in [0.3, 0.4) is 0 Å². The number of rotatable bonds is 7. The van der Waals surface area contributed by atoms with E-state index in [-0.39, 0.29) is 48.9 Å². The van der Waals surface area contributed by atoms with E-state index in [0.29, 0.717) is 26.2 Å². The molecule has 2 saturated heterocycles. The summed E-state index contributed by atoms with van der Waals surface area (Å²) in [5, 5.41) is 16.0. The van der Waals surface area contributed by atoms with E-state index in [9.17, 15) is 14.7 Å². The average Bonchev–Trinajstić information content (AvgIpc) is 3.26. The third kappa shape index (κ3) is 5.50. The number of nitrogens with one attached hydrogen (secondary N) is 2. The van der Waals surface area contributed by atoms with Crippen LogP contribution >= 0.6 is 0 Å². The van der Waals surface area contributed by atoms with Gasteiger partial charge < -0.3 is 30.0 Å². The van der Waals surface area contributed by atoms with Gasteiger partial charge >= 0.3 is 0 Å². The monoisotopic (exact) mass is 480 g/mol. The molecule has 0 aromatic heterocycles. The van der Waals surface area contributed by atoms with Crippen molar-refractivity contribution in [2.75, 3.05) is 25.1 Å². The minimum atomic E-state index is -0.520. The van der Waals surface area contributed by atoms with Crippen molar-refractivity contribution in [2.45, 2.75) is 56.5 Å². The molecule has 2 aromatic rings. The summed E-state index contributed by atoms with van der Waals surface area (Å²) in [7, 11) is 0. The Kier molecular flexibility index (Phi) is 7.32. The third-order valence-corrected chi connectivity index (χ3v) is 7.10. The van der Waals surface area contributed by atoms with E-state index in [0.717, 1.165) is 35.4 Å². The maximum atomic E-state index is 12.7. The molecule has 2 fully saturated rings. The second-order valence-corrected chi connectivity index (χ2v) is 9.50. The SMILES string of the molecule is O=C(C[C@@H]1C[C@H]2c3cc(NC(=O)C4CCOCC4)ccc3O[C@H]2[C@H](CO)O1)NCc1ccccc1. The molecule has 0 radical (unpaired) electrons. The van der Waals surface area contributed by atoms with E-state index in [1.165, 1.54) is 0 Å². The number of aliphatic hydroxyl groups is 1. The van der Waals surface area contributed by atoms with Crippen molar-refractivity contribution >= 4 is 17.5 Å². The van der Waals surface area contributed by atoms with Gasteiger partial charge in [0.05, 0.1) is 19.1 Å². The Morgan fingerprint density at radius 3 is 2.63 bits per heavy atom. The van der Waals surface area contributed by atoms with Crippen LogP contribution in [0.15, 0.2) is 48.5 Å². The molecule has 186 valence electrons. The first-order valence-corrected chi connectivity index (χ1v) is 12.4. The zero-order valence-electron chi connectivity index (χ0n) is 19.7. The number of carbonyl (C=O) groups is 2. The highest BCUT2D eigenvalue weighted by atomic mass is 16.6. The second-order valence-electron chi connectivity index (χ2n) is 9.50. The topological polar surface area (TPSA) is 106 Å². The fourth-order valence-electron chi connectivity index (χ4n) is 5.25. The fourth-order valence-corrected chi connectivity index (χ4v) is 5.25. The van der Waals surface area contributed by atoms with E-state index >= 15 is 0 Å². The first kappa shape index (κ1) is 23.8. The van der Waals surface area contributed by atoms with E-state index < -0.39 is 6.10 Å². The highest BCUT2D eigenvalue weighted by molar-refractivity contribution is 5.92. The summed E-state index contributed by atoms with van der Waals surface area (Å²) < 4.78 is 17.6. The van der Waals surface area contributed by atoms with Gasteiger partial charge in [0.1, 0.15) is 18.0 Å². The summed E-state index contributed by atoms with van der Waals surface area (Å²) in [6.45, 7) is 1.50. The third-order valence-electron chi connectivity index (χ3n) is 7.10. The van der Waals surface area contributed by atoms with E-state index in [4.69, 9.17) is 14.2 Å². The number of benzene rings is 2. The summed E-state index contributed by atoms with van der Waals surface area (Å²) in [6.07, 6.45) is 1.10. The molecule has 0 spiro atoms. The number of carbonyl (C=O) groups excluding carboxylic acids is 2. The van der Waals surface area contributed by atoms with Gasteiger partial charge in [-0.2, -0.15) is 0 Å². The van der Waals surface area contributed by atoms with E-state index in [2.05, 4.69) is 10.6 Å². The molecule has 3 aliphatic heterocycles. The van der Waals surface area contributed by atoms with Crippen molar-refractivity contribution in [3.8, 4) is 5.75 Å². The van der Waals surface area contributed by atoms with Crippen LogP contribution in [0.2, 0.25) is 0 Å². The van der Waals surface area contributed by atoms with Crippen molar-refractivity contribution in [2.24, 2.45) is 5.92 Å². The van der Waals surface area contributed by atoms with Crippen LogP contribution in [0.5, 0.6) is 5.75 Å². The van der Waals surface area contributed by atoms with Gasteiger partial charge in [-0.25, -0.2) is 0 Å². The van der Waals surface area contributed by atoms with Gasteiger partial charge in [-0.1, -0.05) is 30.3 Å². The molecule has 4 atom stereocenters. The van der Waals surface area contributed by atoms with Crippen molar-refractivity contribution < 1.29 is 28.9 Å². The lowest BCUT2D eigenvalue weighted by Gasteiger charge is -2.37. The fraction of sp³-hybridized carbons (Fsp3) is 0.481. The van der Waals surface area contributed by atoms with Gasteiger partial charge in [-0.3, -0.25) is 9.59 Å². The number of amides is 2. The van der Waals surface area contributed by atoms with Crippen LogP contribution in [0.25, 0.3) is 0 Å². The molecule has 3 N–H and O–H groups in total. The van der Waals surface area contributed by atoms with Crippen LogP contribution in [0, 0.1) is 5.92 Å². The van der Waals surface area contributed by atoms with Gasteiger partial charge in [0, 0.05) is 42.8 Å². The Hall–Kier alpha value is -2.94. The predicted molar refractivity (Wildman–Crippen MR) is 129 cm³/mol. The molecule has 35 heavy (non-hydrogen) atoms. The van der Waals surface area contributed by atoms with Gasteiger partial charge in [0.25, 0.3) is 0 Å². The Balaban J connectivity index is 1.24. The first-order chi connectivity index (χ1) is 17.1. The molecule has 3 heterocycles. The van der Waals surface area contributed by atoms with Crippen molar-refractivity contribution in [1.29, 1.82) is 0 Å². The number of anilines is 1. The van der Waals surface area contributed by atoms with Gasteiger partial charge in [0.15, 0.2) is 0 Å². The molecule has 8 heteroatoms. The molecule has 0 bridgehead atoms. The molecule has 8 nitrogen and oxygen atoms in total. The summed E-state index contributed by atoms with van der Waals surface area (Å²) >= 11 is 0. The number of hydrogen-bond donors (Lipinski definition) is 3. The lowest BCUT2D eigenvalue weighted by Crippen LogP contribution is -2.47. The van der Waals surface area contributed by atoms with Gasteiger partial charge in [0.2, 0.25) is 11.8 Å². The van der Waals surface area contributed by atoms with Gasteiger partial charge in [-0.15, -0.1) is 0 Å². The van der Waals surface area contributed by atoms with E-state index in [1.54, 1.807) is 0 Å². The van der Waals surface area contributed by atoms with Crippen LogP contribution in [0.1, 0.15) is 42.7 Å². The summed E-state index contributed by atoms with van der Waals surface area (Å²) in [5.74, 6) is 0.590. The summed E-state index contributed by atoms with van der Waals surface area (Å²) in [6, 6.07) is 15.4. The van der Waals surface area contributed by atoms with Crippen molar-refractivity contribution in [3.05, 3.63) is 59.7 Å². The largest absolute Gasteiger partial charge is 0.487 e. The normalized spacial score (nSPS) is 25.7. The predicted octanol–water partition coefficient (Wildman–Crippen LogP) is 2.75. The summed E-state index contributed by atoms with van der Waals surface area (Å²) in [5.41, 5.74) is 2.75. The highest BCUT2D eigenvalue weighted by Gasteiger charge is 2.46. The number of hydrogen-bond acceptors (Lipinski definition) is 6. The van der Waals surface area contributed by atoms with Crippen LogP contribution in [-0.2, 0) is 25.6 Å². The Bertz CT molecular complexity index is 1040. The number of aliphatic hydroxyl groups excluding tert-OH is 1. The Morgan fingerprint density at radius 2 is 1.86 bits per heavy atom. The van der Waals surface area contributed by atoms with Crippen LogP contribution in [0.4, 0.5) is 5.69 Å². The quantitative estimate of drug-likeness (QED) is 0.563. The zero-order chi connectivity index (χ0) is 24.2. The number of fused-ring (bicyclic) bond motifs is 3. The molecule has 5 rings (SSSR count). The smallest absolute Gasteiger partial charge is 0.227 e. The lowest BCUT2D eigenvalue weighted by atomic mass is 9.84. The Labute approximate surface area is 205 Å². The molecule has 3 aliphatic rings. The van der Waals surface area contributed by atoms with Crippen molar-refractivity contribution in [3.63, 3.8) is 0 Å². The van der Waals surface area contributed by atoms with E-state index in [1.807, 2.05) is 48.5 Å². The molecule has 0 aliphatic carbocycles. The minimum Gasteiger partial charge on any atom is -0.487 e. The molecule has 0 unspecified atom stereocenters. The summed E-state index contributed by atoms with van der Waals surface area (Å²) in [4.78, 5) is 25.3. The highest BCUT2D eigenvalue weighted by Crippen LogP contribution is 2.47. The van der Waals surface area contributed by atoms with Crippen LogP contribution in [-0.4, -0.2) is 55.1 Å². The molecular weight excluding hydrogens is 448 g/mol. The molecule has 2 amide bonds. The standard InChI is InChI=1S/C27H32N2O6/c30-16-24-26-22(13-20(34-24)14-25(31)28-15-17-4-2-1-3-5-17)21-12-19(6-7-23(21)35-26)29-27(32)18-8-10-33-11-9-18/h1-7,12,18,20,22,24,26,30H,8-11,13-16H2,(H,28,31)(H,29,32)/t20-,22-,24-,26+/m0/s1. The molecular formula is C27H32N2O6. The zero-order valence-corrected chi connectivity index (χ0v) is 19.7. The maximum absolute atomic E-state index is 12.7. The Morgan fingerprint density at radius 1 is 1.06 bits per heavy atom. The number of ether oxygens (including phenoxy) is 3. The first-order valence-electron chi connectivity index (χ1n) is 12.4. The lowest BCUT2D eigenvalue weighted by molar-refractivity contribution is -0.142. The molecule has 2 aromatic carbocycles. The van der Waals surface area contributed by atoms with Crippen molar-refractivity contribution in [1.82, 2.24) is 5.32 Å². The maximum Gasteiger partial charge on any atom is 0.227 e. The average molecular weight is 481 g/mol. The second kappa shape index (κ2) is 10.8.